The van der Waals surface area contributed by atoms with Gasteiger partial charge in [0.1, 0.15) is 18.8 Å². The third-order valence-corrected chi connectivity index (χ3v) is 4.20. The molecule has 1 aliphatic rings. The Morgan fingerprint density at radius 2 is 2.36 bits per heavy atom. The Labute approximate surface area is 128 Å². The van der Waals surface area contributed by atoms with E-state index in [0.29, 0.717) is 0 Å². The maximum Gasteiger partial charge on any atom is 0.362 e. The van der Waals surface area contributed by atoms with Gasteiger partial charge in [-0.2, -0.15) is 8.42 Å². The number of amides is 2. The Hall–Kier alpha value is -2.25. The number of rotatable bonds is 5. The lowest BCUT2D eigenvalue weighted by Gasteiger charge is -2.35. The molecule has 0 saturated carbocycles. The lowest BCUT2D eigenvalue weighted by molar-refractivity contribution is -0.139. The summed E-state index contributed by atoms with van der Waals surface area (Å²) < 4.78 is 30.6. The highest BCUT2D eigenvalue weighted by atomic mass is 32.2. The van der Waals surface area contributed by atoms with Crippen molar-refractivity contribution in [2.75, 3.05) is 19.4 Å². The Kier molecular flexibility index (Phi) is 4.30. The first-order valence-corrected chi connectivity index (χ1v) is 7.94. The maximum atomic E-state index is 12.1. The van der Waals surface area contributed by atoms with E-state index in [9.17, 15) is 18.0 Å². The van der Waals surface area contributed by atoms with Crippen molar-refractivity contribution in [1.29, 1.82) is 0 Å². The van der Waals surface area contributed by atoms with Crippen molar-refractivity contribution in [2.24, 2.45) is 5.16 Å². The van der Waals surface area contributed by atoms with Crippen LogP contribution in [0.25, 0.3) is 0 Å². The molecule has 2 amide bonds. The molecule has 13 heteroatoms. The smallest absolute Gasteiger partial charge is 0.362 e. The van der Waals surface area contributed by atoms with Crippen molar-refractivity contribution < 1.29 is 27.4 Å². The fourth-order valence-electron chi connectivity index (χ4n) is 1.63. The van der Waals surface area contributed by atoms with E-state index in [1.807, 2.05) is 0 Å². The third kappa shape index (κ3) is 3.15. The summed E-state index contributed by atoms with van der Waals surface area (Å²) in [5.41, 5.74) is 5.40. The van der Waals surface area contributed by atoms with Crippen LogP contribution in [0.1, 0.15) is 5.69 Å². The van der Waals surface area contributed by atoms with Gasteiger partial charge in [0.05, 0.1) is 6.54 Å². The molecular formula is C9H11N5O6S2. The Balaban J connectivity index is 2.08. The first-order valence-electron chi connectivity index (χ1n) is 5.66. The number of thiazole rings is 1. The number of hydrogen-bond donors (Lipinski definition) is 3. The van der Waals surface area contributed by atoms with Gasteiger partial charge in [0.15, 0.2) is 10.8 Å². The van der Waals surface area contributed by atoms with Crippen molar-refractivity contribution in [3.63, 3.8) is 0 Å². The quantitative estimate of drug-likeness (QED) is 0.242. The lowest BCUT2D eigenvalue weighted by Crippen LogP contribution is -2.65. The SMILES string of the molecule is CO/N=C(\C(=O)N[C@H]1CN(S(=O)(=O)O)C1=O)c1csc(N)n1. The fourth-order valence-corrected chi connectivity index (χ4v) is 2.87. The van der Waals surface area contributed by atoms with E-state index in [1.165, 1.54) is 12.5 Å². The van der Waals surface area contributed by atoms with Crippen LogP contribution in [0, 0.1) is 0 Å². The van der Waals surface area contributed by atoms with Crippen LogP contribution in [0.5, 0.6) is 0 Å². The second-order valence-corrected chi connectivity index (χ2v) is 6.29. The normalized spacial score (nSPS) is 18.8. The predicted molar refractivity (Wildman–Crippen MR) is 75.3 cm³/mol. The number of carbonyl (C=O) groups is 2. The van der Waals surface area contributed by atoms with Gasteiger partial charge in [0, 0.05) is 5.38 Å². The first kappa shape index (κ1) is 16.1. The van der Waals surface area contributed by atoms with Crippen LogP contribution in [-0.4, -0.2) is 59.5 Å². The van der Waals surface area contributed by atoms with Gasteiger partial charge >= 0.3 is 10.3 Å². The highest BCUT2D eigenvalue weighted by Gasteiger charge is 2.45. The van der Waals surface area contributed by atoms with Crippen molar-refractivity contribution >= 4 is 44.3 Å². The molecule has 0 unspecified atom stereocenters. The third-order valence-electron chi connectivity index (χ3n) is 2.64. The minimum Gasteiger partial charge on any atom is -0.398 e. The number of aromatic nitrogens is 1. The molecule has 1 saturated heterocycles. The highest BCUT2D eigenvalue weighted by molar-refractivity contribution is 7.84. The maximum absolute atomic E-state index is 12.1. The number of oxime groups is 1. The van der Waals surface area contributed by atoms with Crippen LogP contribution in [0.15, 0.2) is 10.5 Å². The van der Waals surface area contributed by atoms with Crippen molar-refractivity contribution in [3.8, 4) is 0 Å². The molecule has 0 aliphatic carbocycles. The second kappa shape index (κ2) is 5.86. The number of nitrogen functional groups attached to an aromatic ring is 1. The van der Waals surface area contributed by atoms with Gasteiger partial charge in [-0.3, -0.25) is 14.1 Å². The molecule has 0 spiro atoms. The summed E-state index contributed by atoms with van der Waals surface area (Å²) in [4.78, 5) is 32.0. The van der Waals surface area contributed by atoms with Crippen LogP contribution in [-0.2, 0) is 24.7 Å². The van der Waals surface area contributed by atoms with Crippen molar-refractivity contribution in [2.45, 2.75) is 6.04 Å². The molecule has 1 fully saturated rings. The molecule has 1 aliphatic heterocycles. The summed E-state index contributed by atoms with van der Waals surface area (Å²) in [5.74, 6) is -1.74. The summed E-state index contributed by atoms with van der Waals surface area (Å²) in [7, 11) is -3.39. The molecule has 1 atom stereocenters. The molecule has 0 aromatic carbocycles. The minimum atomic E-state index is -4.61. The molecule has 4 N–H and O–H groups in total. The molecule has 0 bridgehead atoms. The zero-order valence-electron chi connectivity index (χ0n) is 11.1. The number of β-lactam (4-membered cyclic amide) rings is 1. The fraction of sp³-hybridized carbons (Fsp3) is 0.333. The molecular weight excluding hydrogens is 338 g/mol. The van der Waals surface area contributed by atoms with Crippen LogP contribution in [0.2, 0.25) is 0 Å². The minimum absolute atomic E-state index is 0.153. The molecule has 120 valence electrons. The Bertz CT molecular complexity index is 741. The number of nitrogens with one attached hydrogen (secondary N) is 1. The summed E-state index contributed by atoms with van der Waals surface area (Å²) in [6, 6.07) is -1.09. The molecule has 11 nitrogen and oxygen atoms in total. The number of hydrogen-bond acceptors (Lipinski definition) is 9. The predicted octanol–water partition coefficient (Wildman–Crippen LogP) is -1.79. The molecule has 1 aromatic rings. The monoisotopic (exact) mass is 349 g/mol. The van der Waals surface area contributed by atoms with E-state index in [-0.39, 0.29) is 27.4 Å². The lowest BCUT2D eigenvalue weighted by atomic mass is 10.1. The molecule has 2 rings (SSSR count). The van der Waals surface area contributed by atoms with Gasteiger partial charge in [0.25, 0.3) is 11.8 Å². The van der Waals surface area contributed by atoms with E-state index in [0.717, 1.165) is 11.3 Å². The highest BCUT2D eigenvalue weighted by Crippen LogP contribution is 2.16. The van der Waals surface area contributed by atoms with Gasteiger partial charge < -0.3 is 15.9 Å². The number of nitrogens with two attached hydrogens (primary N) is 1. The van der Waals surface area contributed by atoms with Gasteiger partial charge in [-0.05, 0) is 0 Å². The van der Waals surface area contributed by atoms with Gasteiger partial charge in [-0.15, -0.1) is 11.3 Å². The van der Waals surface area contributed by atoms with E-state index in [2.05, 4.69) is 20.3 Å². The van der Waals surface area contributed by atoms with Crippen LogP contribution in [0.3, 0.4) is 0 Å². The average molecular weight is 349 g/mol. The summed E-state index contributed by atoms with van der Waals surface area (Å²) in [6.07, 6.45) is 0. The summed E-state index contributed by atoms with van der Waals surface area (Å²) >= 11 is 1.08. The molecule has 1 aromatic heterocycles. The number of anilines is 1. The summed E-state index contributed by atoms with van der Waals surface area (Å²) in [6.45, 7) is -0.372. The second-order valence-electron chi connectivity index (χ2n) is 4.07. The van der Waals surface area contributed by atoms with Gasteiger partial charge in [-0.1, -0.05) is 5.16 Å². The summed E-state index contributed by atoms with van der Waals surface area (Å²) in [5, 5.41) is 7.46. The topological polar surface area (TPSA) is 164 Å². The first-order chi connectivity index (χ1) is 10.2. The zero-order chi connectivity index (χ0) is 16.5. The van der Waals surface area contributed by atoms with Crippen molar-refractivity contribution in [3.05, 3.63) is 11.1 Å². The van der Waals surface area contributed by atoms with Gasteiger partial charge in [-0.25, -0.2) is 9.29 Å². The number of carbonyl (C=O) groups excluding carboxylic acids is 2. The standard InChI is InChI=1S/C9H11N5O6S2/c1-20-13-6(5-3-21-9(10)12-5)7(15)11-4-2-14(8(4)16)22(17,18)19/h3-4H,2H2,1H3,(H2,10,12)(H,11,15)(H,17,18,19)/b13-6-/t4-/m0/s1. The zero-order valence-corrected chi connectivity index (χ0v) is 12.7. The largest absolute Gasteiger partial charge is 0.398 e. The van der Waals surface area contributed by atoms with Gasteiger partial charge in [0.2, 0.25) is 0 Å². The average Bonchev–Trinajstić information content (AvgIpc) is 2.84. The van der Waals surface area contributed by atoms with E-state index in [4.69, 9.17) is 10.3 Å². The van der Waals surface area contributed by atoms with Crippen LogP contribution in [0.4, 0.5) is 5.13 Å². The molecule has 0 radical (unpaired) electrons. The van der Waals surface area contributed by atoms with Crippen LogP contribution >= 0.6 is 11.3 Å². The van der Waals surface area contributed by atoms with E-state index < -0.39 is 28.2 Å². The number of nitrogens with zero attached hydrogens (tertiary/aromatic N) is 3. The Morgan fingerprint density at radius 3 is 2.82 bits per heavy atom. The van der Waals surface area contributed by atoms with E-state index in [1.54, 1.807) is 0 Å². The van der Waals surface area contributed by atoms with Crippen molar-refractivity contribution in [1.82, 2.24) is 14.6 Å². The molecule has 22 heavy (non-hydrogen) atoms. The van der Waals surface area contributed by atoms with E-state index >= 15 is 0 Å². The Morgan fingerprint density at radius 1 is 1.68 bits per heavy atom. The van der Waals surface area contributed by atoms with Crippen LogP contribution < -0.4 is 11.1 Å². The molecule has 2 heterocycles.